The van der Waals surface area contributed by atoms with Crippen molar-refractivity contribution in [2.24, 2.45) is 0 Å². The van der Waals surface area contributed by atoms with Crippen LogP contribution in [0.15, 0.2) is 0 Å². The Balaban J connectivity index is 2.04. The highest BCUT2D eigenvalue weighted by Gasteiger charge is 2.39. The number of carbonyl (C=O) groups excluding carboxylic acids is 1. The first kappa shape index (κ1) is 20.6. The minimum absolute atomic E-state index is 0.0243. The molecule has 2 heterocycles. The number of rotatable bonds is 5. The lowest BCUT2D eigenvalue weighted by Crippen LogP contribution is -2.33. The second-order valence-electron chi connectivity index (χ2n) is 8.87. The van der Waals surface area contributed by atoms with Crippen LogP contribution in [0, 0.1) is 17.0 Å². The zero-order valence-corrected chi connectivity index (χ0v) is 17.2. The quantitative estimate of drug-likeness (QED) is 0.466. The number of cyclic esters (lactones) is 1. The van der Waals surface area contributed by atoms with Gasteiger partial charge in [0, 0.05) is 35.1 Å². The summed E-state index contributed by atoms with van der Waals surface area (Å²) in [5, 5.41) is 21.8. The van der Waals surface area contributed by atoms with Gasteiger partial charge in [0.2, 0.25) is 0 Å². The van der Waals surface area contributed by atoms with Crippen molar-refractivity contribution in [2.45, 2.75) is 90.4 Å². The molecule has 2 aliphatic rings. The van der Waals surface area contributed by atoms with Crippen LogP contribution in [-0.2, 0) is 22.4 Å². The van der Waals surface area contributed by atoms with Crippen LogP contribution in [-0.4, -0.2) is 33.8 Å². The molecule has 1 N–H and O–H groups in total. The number of aliphatic hydroxyl groups excluding tert-OH is 1. The monoisotopic (exact) mass is 391 g/mol. The fourth-order valence-corrected chi connectivity index (χ4v) is 4.49. The molecule has 2 aliphatic heterocycles. The van der Waals surface area contributed by atoms with Gasteiger partial charge in [0.05, 0.1) is 17.4 Å². The maximum Gasteiger partial charge on any atom is 0.308 e. The molecule has 7 heteroatoms. The summed E-state index contributed by atoms with van der Waals surface area (Å²) in [6.07, 6.45) is 0.960. The van der Waals surface area contributed by atoms with Crippen molar-refractivity contribution in [3.8, 4) is 5.75 Å². The molecule has 3 rings (SSSR count). The van der Waals surface area contributed by atoms with Crippen LogP contribution < -0.4 is 4.74 Å². The highest BCUT2D eigenvalue weighted by atomic mass is 16.6. The fourth-order valence-electron chi connectivity index (χ4n) is 4.49. The van der Waals surface area contributed by atoms with E-state index < -0.39 is 17.7 Å². The third kappa shape index (κ3) is 3.85. The molecule has 0 saturated carbocycles. The van der Waals surface area contributed by atoms with E-state index in [4.69, 9.17) is 9.47 Å². The summed E-state index contributed by atoms with van der Waals surface area (Å²) >= 11 is 0. The second-order valence-corrected chi connectivity index (χ2v) is 8.87. The molecule has 1 fully saturated rings. The topological polar surface area (TPSA) is 98.9 Å². The third-order valence-corrected chi connectivity index (χ3v) is 5.63. The zero-order chi connectivity index (χ0) is 20.8. The predicted octanol–water partition coefficient (Wildman–Crippen LogP) is 3.74. The Morgan fingerprint density at radius 3 is 2.61 bits per heavy atom. The van der Waals surface area contributed by atoms with Crippen LogP contribution in [0.25, 0.3) is 0 Å². The van der Waals surface area contributed by atoms with E-state index in [0.29, 0.717) is 36.8 Å². The van der Waals surface area contributed by atoms with E-state index in [9.17, 15) is 20.0 Å². The van der Waals surface area contributed by atoms with Crippen molar-refractivity contribution in [3.05, 3.63) is 32.4 Å². The SMILES string of the molecule is Cc1c2c(c(CCC3CC(O)CC(=O)O3)c(C(C)C)c1[N+](=O)[O-])OC(C)(C)C2. The standard InChI is InChI=1S/C21H29NO6/c1-11(2)18-15(7-6-14-8-13(23)9-17(24)27-14)20-16(10-21(4,5)28-20)12(3)19(18)22(25)26/h11,13-14,23H,6-10H2,1-5H3. The Labute approximate surface area is 165 Å². The summed E-state index contributed by atoms with van der Waals surface area (Å²) in [6.45, 7) is 9.66. The van der Waals surface area contributed by atoms with Crippen molar-refractivity contribution >= 4 is 11.7 Å². The van der Waals surface area contributed by atoms with Crippen molar-refractivity contribution in [1.29, 1.82) is 0 Å². The Hall–Kier alpha value is -2.15. The molecule has 2 unspecified atom stereocenters. The second kappa shape index (κ2) is 7.35. The minimum atomic E-state index is -0.691. The van der Waals surface area contributed by atoms with Crippen molar-refractivity contribution < 1.29 is 24.3 Å². The van der Waals surface area contributed by atoms with Gasteiger partial charge in [-0.15, -0.1) is 0 Å². The van der Waals surface area contributed by atoms with E-state index in [1.54, 1.807) is 6.92 Å². The van der Waals surface area contributed by atoms with Crippen molar-refractivity contribution in [1.82, 2.24) is 0 Å². The average Bonchev–Trinajstić information content (AvgIpc) is 2.88. The number of benzene rings is 1. The Morgan fingerprint density at radius 1 is 1.36 bits per heavy atom. The Kier molecular flexibility index (Phi) is 5.40. The third-order valence-electron chi connectivity index (χ3n) is 5.63. The number of esters is 1. The summed E-state index contributed by atoms with van der Waals surface area (Å²) in [5.74, 6) is 0.302. The molecule has 0 radical (unpaired) electrons. The lowest BCUT2D eigenvalue weighted by molar-refractivity contribution is -0.386. The number of hydrogen-bond donors (Lipinski definition) is 1. The molecule has 0 aromatic heterocycles. The van der Waals surface area contributed by atoms with Gasteiger partial charge in [-0.3, -0.25) is 14.9 Å². The first-order chi connectivity index (χ1) is 13.0. The van der Waals surface area contributed by atoms with Crippen LogP contribution in [0.2, 0.25) is 0 Å². The molecule has 0 spiro atoms. The van der Waals surface area contributed by atoms with Gasteiger partial charge in [-0.05, 0) is 39.5 Å². The number of hydrogen-bond acceptors (Lipinski definition) is 6. The van der Waals surface area contributed by atoms with Crippen LogP contribution in [0.5, 0.6) is 5.75 Å². The van der Waals surface area contributed by atoms with Gasteiger partial charge in [-0.2, -0.15) is 0 Å². The van der Waals surface area contributed by atoms with Gasteiger partial charge in [-0.25, -0.2) is 0 Å². The summed E-state index contributed by atoms with van der Waals surface area (Å²) < 4.78 is 11.6. The van der Waals surface area contributed by atoms with Gasteiger partial charge in [0.15, 0.2) is 0 Å². The van der Waals surface area contributed by atoms with Gasteiger partial charge in [-0.1, -0.05) is 13.8 Å². The zero-order valence-electron chi connectivity index (χ0n) is 17.2. The minimum Gasteiger partial charge on any atom is -0.487 e. The molecule has 0 bridgehead atoms. The van der Waals surface area contributed by atoms with Gasteiger partial charge < -0.3 is 14.6 Å². The van der Waals surface area contributed by atoms with E-state index in [-0.39, 0.29) is 29.1 Å². The van der Waals surface area contributed by atoms with Crippen LogP contribution >= 0.6 is 0 Å². The number of nitrogens with zero attached hydrogens (tertiary/aromatic N) is 1. The summed E-state index contributed by atoms with van der Waals surface area (Å²) in [5.41, 5.74) is 2.87. The largest absolute Gasteiger partial charge is 0.487 e. The maximum atomic E-state index is 11.9. The number of ether oxygens (including phenoxy) is 2. The van der Waals surface area contributed by atoms with E-state index in [1.807, 2.05) is 27.7 Å². The number of carbonyl (C=O) groups is 1. The van der Waals surface area contributed by atoms with Crippen LogP contribution in [0.3, 0.4) is 0 Å². The molecule has 1 saturated heterocycles. The van der Waals surface area contributed by atoms with Crippen LogP contribution in [0.1, 0.15) is 75.1 Å². The molecule has 1 aromatic rings. The van der Waals surface area contributed by atoms with Crippen molar-refractivity contribution in [2.75, 3.05) is 0 Å². The predicted molar refractivity (Wildman–Crippen MR) is 104 cm³/mol. The average molecular weight is 391 g/mol. The smallest absolute Gasteiger partial charge is 0.308 e. The van der Waals surface area contributed by atoms with E-state index in [0.717, 1.165) is 16.9 Å². The maximum absolute atomic E-state index is 11.9. The molecule has 1 aromatic carbocycles. The number of nitro benzene ring substituents is 1. The highest BCUT2D eigenvalue weighted by molar-refractivity contribution is 5.71. The van der Waals surface area contributed by atoms with E-state index in [2.05, 4.69) is 0 Å². The fraction of sp³-hybridized carbons (Fsp3) is 0.667. The number of nitro groups is 1. The number of aliphatic hydroxyl groups is 1. The van der Waals surface area contributed by atoms with Gasteiger partial charge in [0.25, 0.3) is 5.69 Å². The van der Waals surface area contributed by atoms with Crippen molar-refractivity contribution in [3.63, 3.8) is 0 Å². The van der Waals surface area contributed by atoms with Gasteiger partial charge >= 0.3 is 5.97 Å². The van der Waals surface area contributed by atoms with E-state index >= 15 is 0 Å². The molecule has 2 atom stereocenters. The molecular weight excluding hydrogens is 362 g/mol. The lowest BCUT2D eigenvalue weighted by Gasteiger charge is -2.27. The Morgan fingerprint density at radius 2 is 2.04 bits per heavy atom. The molecule has 28 heavy (non-hydrogen) atoms. The molecular formula is C21H29NO6. The van der Waals surface area contributed by atoms with E-state index in [1.165, 1.54) is 0 Å². The first-order valence-electron chi connectivity index (χ1n) is 9.89. The summed E-state index contributed by atoms with van der Waals surface area (Å²) in [7, 11) is 0. The van der Waals surface area contributed by atoms with Crippen LogP contribution in [0.4, 0.5) is 5.69 Å². The summed E-state index contributed by atoms with van der Waals surface area (Å²) in [6, 6.07) is 0. The first-order valence-corrected chi connectivity index (χ1v) is 9.89. The molecule has 7 nitrogen and oxygen atoms in total. The van der Waals surface area contributed by atoms with Gasteiger partial charge in [0.1, 0.15) is 17.5 Å². The summed E-state index contributed by atoms with van der Waals surface area (Å²) in [4.78, 5) is 23.3. The molecule has 0 amide bonds. The lowest BCUT2D eigenvalue weighted by atomic mass is 9.85. The number of fused-ring (bicyclic) bond motifs is 1. The highest BCUT2D eigenvalue weighted by Crippen LogP contribution is 2.48. The molecule has 154 valence electrons. The normalized spacial score (nSPS) is 23.3. The Bertz CT molecular complexity index is 814. The molecule has 0 aliphatic carbocycles.